The highest BCUT2D eigenvalue weighted by atomic mass is 16.5. The van der Waals surface area contributed by atoms with Crippen LogP contribution in [0.25, 0.3) is 0 Å². The average molecular weight is 226 g/mol. The van der Waals surface area contributed by atoms with Crippen LogP contribution in [-0.4, -0.2) is 34.6 Å². The molecule has 16 heavy (non-hydrogen) atoms. The number of nitrogens with two attached hydrogens (primary N) is 1. The number of primary amides is 1. The summed E-state index contributed by atoms with van der Waals surface area (Å²) in [4.78, 5) is 11.1. The molecular weight excluding hydrogens is 208 g/mol. The van der Waals surface area contributed by atoms with E-state index in [1.54, 1.807) is 11.8 Å². The number of hydrogen-bond acceptors (Lipinski definition) is 4. The number of nitrogens with zero attached hydrogens (tertiary/aromatic N) is 3. The van der Waals surface area contributed by atoms with Gasteiger partial charge in [-0.15, -0.1) is 5.10 Å². The molecule has 0 aliphatic carbocycles. The van der Waals surface area contributed by atoms with Gasteiger partial charge in [0.05, 0.1) is 18.3 Å². The molecule has 1 aromatic heterocycles. The van der Waals surface area contributed by atoms with Gasteiger partial charge in [0.2, 0.25) is 0 Å². The molecule has 0 fully saturated rings. The summed E-state index contributed by atoms with van der Waals surface area (Å²) in [6, 6.07) is 0.0977. The fraction of sp³-hybridized carbons (Fsp3) is 0.700. The minimum Gasteiger partial charge on any atom is -0.382 e. The summed E-state index contributed by atoms with van der Waals surface area (Å²) in [6.07, 6.45) is 1.54. The molecule has 0 saturated heterocycles. The highest BCUT2D eigenvalue weighted by Crippen LogP contribution is 2.16. The largest absolute Gasteiger partial charge is 0.382 e. The predicted molar refractivity (Wildman–Crippen MR) is 59.1 cm³/mol. The second kappa shape index (κ2) is 5.60. The summed E-state index contributed by atoms with van der Waals surface area (Å²) in [5, 5.41) is 7.80. The van der Waals surface area contributed by atoms with E-state index in [0.717, 1.165) is 12.1 Å². The number of hydrogen-bond donors (Lipinski definition) is 1. The Morgan fingerprint density at radius 3 is 2.69 bits per heavy atom. The molecule has 0 aliphatic heterocycles. The van der Waals surface area contributed by atoms with Gasteiger partial charge in [0, 0.05) is 7.11 Å². The van der Waals surface area contributed by atoms with Gasteiger partial charge in [-0.2, -0.15) is 0 Å². The zero-order valence-electron chi connectivity index (χ0n) is 9.93. The smallest absolute Gasteiger partial charge is 0.271 e. The minimum atomic E-state index is -0.532. The highest BCUT2D eigenvalue weighted by Gasteiger charge is 2.20. The number of rotatable bonds is 6. The predicted octanol–water partition coefficient (Wildman–Crippen LogP) is 0.537. The zero-order chi connectivity index (χ0) is 12.1. The summed E-state index contributed by atoms with van der Waals surface area (Å²) in [7, 11) is 1.64. The van der Waals surface area contributed by atoms with E-state index in [4.69, 9.17) is 10.5 Å². The first-order valence-electron chi connectivity index (χ1n) is 5.38. The molecule has 0 bridgehead atoms. The van der Waals surface area contributed by atoms with Crippen LogP contribution < -0.4 is 5.73 Å². The first-order chi connectivity index (χ1) is 7.65. The van der Waals surface area contributed by atoms with Gasteiger partial charge in [-0.25, -0.2) is 4.68 Å². The quantitative estimate of drug-likeness (QED) is 0.767. The van der Waals surface area contributed by atoms with Crippen LogP contribution in [0.15, 0.2) is 0 Å². The number of methoxy groups -OCH3 is 1. The molecular formula is C10H18N4O2. The van der Waals surface area contributed by atoms with Gasteiger partial charge >= 0.3 is 0 Å². The maximum Gasteiger partial charge on any atom is 0.271 e. The van der Waals surface area contributed by atoms with Crippen molar-refractivity contribution in [2.24, 2.45) is 5.73 Å². The molecule has 0 spiro atoms. The van der Waals surface area contributed by atoms with Gasteiger partial charge in [-0.1, -0.05) is 19.1 Å². The third kappa shape index (κ3) is 2.38. The first kappa shape index (κ1) is 12.6. The molecule has 1 amide bonds. The van der Waals surface area contributed by atoms with E-state index >= 15 is 0 Å². The van der Waals surface area contributed by atoms with Crippen molar-refractivity contribution in [3.63, 3.8) is 0 Å². The van der Waals surface area contributed by atoms with Crippen LogP contribution in [0.5, 0.6) is 0 Å². The summed E-state index contributed by atoms with van der Waals surface area (Å²) in [6.45, 7) is 4.53. The van der Waals surface area contributed by atoms with Gasteiger partial charge < -0.3 is 10.5 Å². The summed E-state index contributed by atoms with van der Waals surface area (Å²) < 4.78 is 6.85. The fourth-order valence-corrected chi connectivity index (χ4v) is 1.68. The summed E-state index contributed by atoms with van der Waals surface area (Å²) in [5.74, 6) is -0.532. The molecule has 0 radical (unpaired) electrons. The Bertz CT molecular complexity index is 362. The van der Waals surface area contributed by atoms with E-state index in [1.165, 1.54) is 0 Å². The van der Waals surface area contributed by atoms with E-state index in [9.17, 15) is 4.79 Å². The number of carbonyl (C=O) groups is 1. The van der Waals surface area contributed by atoms with Crippen molar-refractivity contribution in [3.8, 4) is 0 Å². The molecule has 2 N–H and O–H groups in total. The standard InChI is InChI=1S/C10H18N4O2/c1-4-7(6-16-3)14-8(5-2)9(10(11)15)12-13-14/h7H,4-6H2,1-3H3,(H2,11,15). The van der Waals surface area contributed by atoms with Gasteiger partial charge in [0.25, 0.3) is 5.91 Å². The highest BCUT2D eigenvalue weighted by molar-refractivity contribution is 5.91. The second-order valence-corrected chi connectivity index (χ2v) is 3.56. The lowest BCUT2D eigenvalue weighted by Gasteiger charge is -2.16. The lowest BCUT2D eigenvalue weighted by atomic mass is 10.2. The molecule has 90 valence electrons. The van der Waals surface area contributed by atoms with E-state index in [2.05, 4.69) is 10.3 Å². The van der Waals surface area contributed by atoms with Gasteiger partial charge in [0.1, 0.15) is 0 Å². The van der Waals surface area contributed by atoms with Gasteiger partial charge in [-0.3, -0.25) is 4.79 Å². The molecule has 1 atom stereocenters. The van der Waals surface area contributed by atoms with E-state index < -0.39 is 5.91 Å². The molecule has 0 aliphatic rings. The number of amides is 1. The van der Waals surface area contributed by atoms with Crippen molar-refractivity contribution in [2.75, 3.05) is 13.7 Å². The number of aromatic nitrogens is 3. The minimum absolute atomic E-state index is 0.0977. The van der Waals surface area contributed by atoms with Crippen LogP contribution in [0.3, 0.4) is 0 Å². The van der Waals surface area contributed by atoms with E-state index in [0.29, 0.717) is 13.0 Å². The summed E-state index contributed by atoms with van der Waals surface area (Å²) in [5.41, 5.74) is 6.27. The van der Waals surface area contributed by atoms with Crippen molar-refractivity contribution in [3.05, 3.63) is 11.4 Å². The Balaban J connectivity index is 3.07. The van der Waals surface area contributed by atoms with Crippen LogP contribution in [0.2, 0.25) is 0 Å². The second-order valence-electron chi connectivity index (χ2n) is 3.56. The molecule has 1 heterocycles. The third-order valence-corrected chi connectivity index (χ3v) is 2.54. The summed E-state index contributed by atoms with van der Waals surface area (Å²) >= 11 is 0. The van der Waals surface area contributed by atoms with Crippen LogP contribution in [0.1, 0.15) is 42.5 Å². The zero-order valence-corrected chi connectivity index (χ0v) is 9.93. The first-order valence-corrected chi connectivity index (χ1v) is 5.38. The maximum atomic E-state index is 11.1. The van der Waals surface area contributed by atoms with Crippen LogP contribution in [-0.2, 0) is 11.2 Å². The molecule has 1 rings (SSSR count). The lowest BCUT2D eigenvalue weighted by molar-refractivity contribution is 0.0994. The number of carbonyl (C=O) groups excluding carboxylic acids is 1. The normalized spacial score (nSPS) is 12.7. The van der Waals surface area contributed by atoms with Crippen molar-refractivity contribution >= 4 is 5.91 Å². The van der Waals surface area contributed by atoms with Crippen LogP contribution in [0, 0.1) is 0 Å². The molecule has 6 nitrogen and oxygen atoms in total. The van der Waals surface area contributed by atoms with Crippen molar-refractivity contribution < 1.29 is 9.53 Å². The number of ether oxygens (including phenoxy) is 1. The Hall–Kier alpha value is -1.43. The van der Waals surface area contributed by atoms with Crippen molar-refractivity contribution in [1.82, 2.24) is 15.0 Å². The molecule has 1 aromatic rings. The Morgan fingerprint density at radius 2 is 2.25 bits per heavy atom. The Morgan fingerprint density at radius 1 is 1.56 bits per heavy atom. The molecule has 0 aromatic carbocycles. The monoisotopic (exact) mass is 226 g/mol. The molecule has 0 saturated carbocycles. The average Bonchev–Trinajstić information content (AvgIpc) is 2.69. The van der Waals surface area contributed by atoms with Crippen molar-refractivity contribution in [2.45, 2.75) is 32.7 Å². The SMILES string of the molecule is CCc1c(C(N)=O)nnn1C(CC)COC. The molecule has 6 heteroatoms. The fourth-order valence-electron chi connectivity index (χ4n) is 1.68. The van der Waals surface area contributed by atoms with E-state index in [1.807, 2.05) is 13.8 Å². The third-order valence-electron chi connectivity index (χ3n) is 2.54. The Labute approximate surface area is 94.8 Å². The maximum absolute atomic E-state index is 11.1. The van der Waals surface area contributed by atoms with E-state index in [-0.39, 0.29) is 11.7 Å². The Kier molecular flexibility index (Phi) is 4.42. The molecule has 1 unspecified atom stereocenters. The van der Waals surface area contributed by atoms with Crippen LogP contribution >= 0.6 is 0 Å². The topological polar surface area (TPSA) is 83.0 Å². The van der Waals surface area contributed by atoms with Gasteiger partial charge in [0.15, 0.2) is 5.69 Å². The van der Waals surface area contributed by atoms with Crippen molar-refractivity contribution in [1.29, 1.82) is 0 Å². The van der Waals surface area contributed by atoms with Crippen LogP contribution in [0.4, 0.5) is 0 Å². The van der Waals surface area contributed by atoms with Gasteiger partial charge in [-0.05, 0) is 12.8 Å². The lowest BCUT2D eigenvalue weighted by Crippen LogP contribution is -2.19.